The van der Waals surface area contributed by atoms with E-state index in [4.69, 9.17) is 9.72 Å². The normalized spacial score (nSPS) is 16.1. The van der Waals surface area contributed by atoms with Gasteiger partial charge in [-0.1, -0.05) is 0 Å². The molecule has 0 bridgehead atoms. The van der Waals surface area contributed by atoms with E-state index in [0.29, 0.717) is 19.6 Å². The van der Waals surface area contributed by atoms with Gasteiger partial charge < -0.3 is 4.74 Å². The van der Waals surface area contributed by atoms with E-state index < -0.39 is 0 Å². The SMILES string of the molecule is Cn1cc(-c2cc3nccn3c(-c3cnn(C4(CC#N)CCOCC4)c3)n2)cn1. The summed E-state index contributed by atoms with van der Waals surface area (Å²) in [4.78, 5) is 9.33. The molecule has 0 spiro atoms. The zero-order valence-electron chi connectivity index (χ0n) is 16.1. The Morgan fingerprint density at radius 3 is 2.76 bits per heavy atom. The number of aromatic nitrogens is 7. The molecule has 0 unspecified atom stereocenters. The number of aryl methyl sites for hydroxylation is 1. The second-order valence-electron chi connectivity index (χ2n) is 7.37. The maximum Gasteiger partial charge on any atom is 0.149 e. The smallest absolute Gasteiger partial charge is 0.149 e. The van der Waals surface area contributed by atoms with Crippen molar-refractivity contribution in [1.82, 2.24) is 33.9 Å². The van der Waals surface area contributed by atoms with Gasteiger partial charge in [0.2, 0.25) is 0 Å². The summed E-state index contributed by atoms with van der Waals surface area (Å²) in [5.41, 5.74) is 3.08. The number of nitriles is 1. The number of hydrogen-bond acceptors (Lipinski definition) is 6. The zero-order chi connectivity index (χ0) is 19.8. The highest BCUT2D eigenvalue weighted by Crippen LogP contribution is 2.33. The molecule has 29 heavy (non-hydrogen) atoms. The average molecular weight is 388 g/mol. The van der Waals surface area contributed by atoms with Crippen molar-refractivity contribution in [3.63, 3.8) is 0 Å². The van der Waals surface area contributed by atoms with Crippen LogP contribution in [0.4, 0.5) is 0 Å². The van der Waals surface area contributed by atoms with Crippen LogP contribution in [-0.2, 0) is 17.3 Å². The van der Waals surface area contributed by atoms with E-state index in [2.05, 4.69) is 21.3 Å². The molecule has 0 N–H and O–H groups in total. The van der Waals surface area contributed by atoms with Gasteiger partial charge in [-0.05, 0) is 12.8 Å². The average Bonchev–Trinajstić information content (AvgIpc) is 3.48. The van der Waals surface area contributed by atoms with Crippen LogP contribution in [0.2, 0.25) is 0 Å². The van der Waals surface area contributed by atoms with Crippen LogP contribution in [0, 0.1) is 11.3 Å². The molecule has 0 amide bonds. The third-order valence-electron chi connectivity index (χ3n) is 5.55. The van der Waals surface area contributed by atoms with Crippen LogP contribution < -0.4 is 0 Å². The van der Waals surface area contributed by atoms with Crippen LogP contribution in [0.1, 0.15) is 19.3 Å². The van der Waals surface area contributed by atoms with Crippen molar-refractivity contribution < 1.29 is 4.74 Å². The maximum atomic E-state index is 9.38. The van der Waals surface area contributed by atoms with Gasteiger partial charge in [-0.2, -0.15) is 15.5 Å². The molecule has 5 rings (SSSR count). The first-order valence-corrected chi connectivity index (χ1v) is 9.52. The summed E-state index contributed by atoms with van der Waals surface area (Å²) >= 11 is 0. The van der Waals surface area contributed by atoms with Crippen LogP contribution in [0.5, 0.6) is 0 Å². The van der Waals surface area contributed by atoms with E-state index >= 15 is 0 Å². The molecule has 146 valence electrons. The van der Waals surface area contributed by atoms with Crippen molar-refractivity contribution in [2.45, 2.75) is 24.8 Å². The minimum absolute atomic E-state index is 0.333. The van der Waals surface area contributed by atoms with Gasteiger partial charge in [-0.25, -0.2) is 9.97 Å². The molecule has 0 aliphatic carbocycles. The van der Waals surface area contributed by atoms with Crippen molar-refractivity contribution in [2.24, 2.45) is 7.05 Å². The van der Waals surface area contributed by atoms with Gasteiger partial charge in [0.15, 0.2) is 0 Å². The Balaban J connectivity index is 1.61. The molecule has 0 atom stereocenters. The minimum Gasteiger partial charge on any atom is -0.381 e. The highest BCUT2D eigenvalue weighted by Gasteiger charge is 2.35. The minimum atomic E-state index is -0.333. The molecule has 9 heteroatoms. The van der Waals surface area contributed by atoms with Gasteiger partial charge in [0.05, 0.1) is 41.7 Å². The van der Waals surface area contributed by atoms with Gasteiger partial charge in [-0.3, -0.25) is 13.8 Å². The van der Waals surface area contributed by atoms with Crippen molar-refractivity contribution in [3.8, 4) is 28.7 Å². The van der Waals surface area contributed by atoms with Crippen LogP contribution in [-0.4, -0.2) is 47.1 Å². The molecule has 1 aliphatic heterocycles. The molecule has 0 saturated carbocycles. The fourth-order valence-electron chi connectivity index (χ4n) is 3.91. The molecular formula is C20H20N8O. The summed E-state index contributed by atoms with van der Waals surface area (Å²) in [6, 6.07) is 4.27. The lowest BCUT2D eigenvalue weighted by Gasteiger charge is -2.35. The fourth-order valence-corrected chi connectivity index (χ4v) is 3.91. The fraction of sp³-hybridized carbons (Fsp3) is 0.350. The van der Waals surface area contributed by atoms with Crippen LogP contribution in [0.15, 0.2) is 43.2 Å². The second kappa shape index (κ2) is 6.83. The van der Waals surface area contributed by atoms with Crippen molar-refractivity contribution in [2.75, 3.05) is 13.2 Å². The van der Waals surface area contributed by atoms with Gasteiger partial charge in [0.1, 0.15) is 11.5 Å². The zero-order valence-corrected chi connectivity index (χ0v) is 16.1. The number of ether oxygens (including phenoxy) is 1. The Morgan fingerprint density at radius 1 is 1.17 bits per heavy atom. The lowest BCUT2D eigenvalue weighted by molar-refractivity contribution is 0.0172. The quantitative estimate of drug-likeness (QED) is 0.532. The first-order chi connectivity index (χ1) is 14.2. The predicted molar refractivity (Wildman–Crippen MR) is 105 cm³/mol. The Morgan fingerprint density at radius 2 is 2.00 bits per heavy atom. The first kappa shape index (κ1) is 17.6. The molecule has 0 aromatic carbocycles. The third-order valence-corrected chi connectivity index (χ3v) is 5.55. The lowest BCUT2D eigenvalue weighted by atomic mass is 9.87. The van der Waals surface area contributed by atoms with Crippen molar-refractivity contribution in [3.05, 3.63) is 43.2 Å². The molecule has 1 aliphatic rings. The number of hydrogen-bond donors (Lipinski definition) is 0. The van der Waals surface area contributed by atoms with Crippen molar-refractivity contribution >= 4 is 5.65 Å². The van der Waals surface area contributed by atoms with E-state index in [1.807, 2.05) is 47.0 Å². The molecule has 9 nitrogen and oxygen atoms in total. The van der Waals surface area contributed by atoms with E-state index in [-0.39, 0.29) is 5.54 Å². The van der Waals surface area contributed by atoms with Gasteiger partial charge >= 0.3 is 0 Å². The van der Waals surface area contributed by atoms with E-state index in [0.717, 1.165) is 41.1 Å². The summed E-state index contributed by atoms with van der Waals surface area (Å²) in [7, 11) is 1.88. The predicted octanol–water partition coefficient (Wildman–Crippen LogP) is 2.41. The van der Waals surface area contributed by atoms with Crippen molar-refractivity contribution in [1.29, 1.82) is 5.26 Å². The van der Waals surface area contributed by atoms with Crippen LogP contribution >= 0.6 is 0 Å². The monoisotopic (exact) mass is 388 g/mol. The highest BCUT2D eigenvalue weighted by molar-refractivity contribution is 5.68. The molecule has 1 saturated heterocycles. The number of imidazole rings is 1. The Bertz CT molecular complexity index is 1200. The summed E-state index contributed by atoms with van der Waals surface area (Å²) in [6.45, 7) is 1.27. The number of rotatable bonds is 4. The number of fused-ring (bicyclic) bond motifs is 1. The summed E-state index contributed by atoms with van der Waals surface area (Å²) in [5.74, 6) is 0.754. The molecule has 1 fully saturated rings. The Kier molecular flexibility index (Phi) is 4.14. The van der Waals surface area contributed by atoms with Gasteiger partial charge in [0, 0.05) is 56.7 Å². The van der Waals surface area contributed by atoms with Crippen LogP contribution in [0.25, 0.3) is 28.3 Å². The standard InChI is InChI=1S/C20H20N8O/c1-26-13-15(11-23-26)17-10-18-22-6-7-27(18)19(25-17)16-12-24-28(14-16)20(2-5-21)3-8-29-9-4-20/h6-7,10-14H,2-4,8-9H2,1H3. The maximum absolute atomic E-state index is 9.38. The van der Waals surface area contributed by atoms with E-state index in [1.54, 1.807) is 17.1 Å². The summed E-state index contributed by atoms with van der Waals surface area (Å²) < 4.78 is 11.1. The highest BCUT2D eigenvalue weighted by atomic mass is 16.5. The Labute approximate surface area is 167 Å². The van der Waals surface area contributed by atoms with Crippen LogP contribution in [0.3, 0.4) is 0 Å². The summed E-state index contributed by atoms with van der Waals surface area (Å²) in [6.07, 6.45) is 13.1. The Hall–Kier alpha value is -3.51. The van der Waals surface area contributed by atoms with E-state index in [1.165, 1.54) is 0 Å². The van der Waals surface area contributed by atoms with E-state index in [9.17, 15) is 5.26 Å². The lowest BCUT2D eigenvalue weighted by Crippen LogP contribution is -2.39. The summed E-state index contributed by atoms with van der Waals surface area (Å²) in [5, 5.41) is 18.3. The molecule has 4 aromatic heterocycles. The molecular weight excluding hydrogens is 368 g/mol. The third kappa shape index (κ3) is 2.98. The molecule has 4 aromatic rings. The topological polar surface area (TPSA) is 98.9 Å². The number of nitrogens with zero attached hydrogens (tertiary/aromatic N) is 8. The molecule has 0 radical (unpaired) electrons. The first-order valence-electron chi connectivity index (χ1n) is 9.52. The second-order valence-corrected chi connectivity index (χ2v) is 7.37. The molecule has 5 heterocycles. The van der Waals surface area contributed by atoms with Gasteiger partial charge in [0.25, 0.3) is 0 Å². The largest absolute Gasteiger partial charge is 0.381 e. The van der Waals surface area contributed by atoms with Gasteiger partial charge in [-0.15, -0.1) is 0 Å².